The number of aliphatic hydroxyl groups is 1. The van der Waals surface area contributed by atoms with Crippen LogP contribution in [0.3, 0.4) is 0 Å². The quantitative estimate of drug-likeness (QED) is 0.329. The number of nitro benzene ring substituents is 1. The number of aryl methyl sites for hydroxylation is 1. The van der Waals surface area contributed by atoms with E-state index in [-0.39, 0.29) is 23.8 Å². The van der Waals surface area contributed by atoms with Gasteiger partial charge in [-0.3, -0.25) is 14.9 Å². The van der Waals surface area contributed by atoms with Gasteiger partial charge in [0.15, 0.2) is 5.76 Å². The van der Waals surface area contributed by atoms with E-state index < -0.39 is 10.8 Å². The van der Waals surface area contributed by atoms with Gasteiger partial charge in [-0.1, -0.05) is 24.3 Å². The van der Waals surface area contributed by atoms with E-state index in [0.29, 0.717) is 22.8 Å². The second-order valence-electron chi connectivity index (χ2n) is 6.85. The number of anilines is 1. The molecule has 0 atom stereocenters. The van der Waals surface area contributed by atoms with Gasteiger partial charge in [-0.05, 0) is 48.9 Å². The summed E-state index contributed by atoms with van der Waals surface area (Å²) in [6.07, 6.45) is 0. The predicted octanol–water partition coefficient (Wildman–Crippen LogP) is 5.17. The molecule has 2 aromatic carbocycles. The van der Waals surface area contributed by atoms with Crippen molar-refractivity contribution in [2.45, 2.75) is 13.5 Å². The molecule has 31 heavy (non-hydrogen) atoms. The van der Waals surface area contributed by atoms with Gasteiger partial charge in [0.05, 0.1) is 10.5 Å². The van der Waals surface area contributed by atoms with E-state index in [4.69, 9.17) is 8.83 Å². The van der Waals surface area contributed by atoms with Crippen LogP contribution in [-0.2, 0) is 6.61 Å². The Morgan fingerprint density at radius 1 is 1.03 bits per heavy atom. The van der Waals surface area contributed by atoms with E-state index in [1.54, 1.807) is 36.4 Å². The van der Waals surface area contributed by atoms with Crippen LogP contribution in [0.5, 0.6) is 0 Å². The highest BCUT2D eigenvalue weighted by molar-refractivity contribution is 6.03. The number of nitro groups is 1. The van der Waals surface area contributed by atoms with Gasteiger partial charge in [-0.25, -0.2) is 0 Å². The van der Waals surface area contributed by atoms with Crippen molar-refractivity contribution in [1.29, 1.82) is 0 Å². The molecule has 1 amide bonds. The average molecular weight is 418 g/mol. The molecule has 0 aliphatic rings. The number of aliphatic hydroxyl groups excluding tert-OH is 1. The summed E-state index contributed by atoms with van der Waals surface area (Å²) >= 11 is 0. The van der Waals surface area contributed by atoms with Gasteiger partial charge in [0.2, 0.25) is 0 Å². The van der Waals surface area contributed by atoms with Gasteiger partial charge in [0, 0.05) is 17.3 Å². The van der Waals surface area contributed by atoms with Gasteiger partial charge < -0.3 is 19.3 Å². The molecule has 0 bridgehead atoms. The van der Waals surface area contributed by atoms with Crippen LogP contribution in [0.15, 0.2) is 75.6 Å². The number of hydrogen-bond donors (Lipinski definition) is 2. The van der Waals surface area contributed by atoms with Gasteiger partial charge in [-0.2, -0.15) is 0 Å². The maximum atomic E-state index is 12.7. The minimum absolute atomic E-state index is 0.0264. The Balaban J connectivity index is 1.58. The number of rotatable bonds is 6. The first-order valence-electron chi connectivity index (χ1n) is 9.42. The number of nitrogens with one attached hydrogen (secondary N) is 1. The smallest absolute Gasteiger partial charge is 0.291 e. The zero-order chi connectivity index (χ0) is 22.0. The molecule has 2 aromatic heterocycles. The summed E-state index contributed by atoms with van der Waals surface area (Å²) in [6.45, 7) is 1.65. The molecule has 0 saturated carbocycles. The van der Waals surface area contributed by atoms with E-state index >= 15 is 0 Å². The standard InChI is InChI=1S/C23H18N2O6/c1-14-6-7-15(20-9-8-16(13-26)30-20)12-18(14)24-23(27)22-11-10-21(31-22)17-4-2-3-5-19(17)25(28)29/h2-12,26H,13H2,1H3,(H,24,27). The summed E-state index contributed by atoms with van der Waals surface area (Å²) in [5, 5.41) is 23.2. The summed E-state index contributed by atoms with van der Waals surface area (Å²) in [5.41, 5.74) is 2.32. The van der Waals surface area contributed by atoms with Gasteiger partial charge in [0.1, 0.15) is 23.9 Å². The first kappa shape index (κ1) is 20.1. The Kier molecular flexibility index (Phi) is 5.38. The Labute approximate surface area is 176 Å². The second-order valence-corrected chi connectivity index (χ2v) is 6.85. The number of benzene rings is 2. The molecule has 0 unspecified atom stereocenters. The third-order valence-electron chi connectivity index (χ3n) is 4.78. The van der Waals surface area contributed by atoms with Gasteiger partial charge >= 0.3 is 0 Å². The zero-order valence-electron chi connectivity index (χ0n) is 16.5. The summed E-state index contributed by atoms with van der Waals surface area (Å²) in [4.78, 5) is 23.5. The molecule has 0 fully saturated rings. The fraction of sp³-hybridized carbons (Fsp3) is 0.0870. The maximum Gasteiger partial charge on any atom is 0.291 e. The van der Waals surface area contributed by atoms with Crippen LogP contribution in [0, 0.1) is 17.0 Å². The summed E-state index contributed by atoms with van der Waals surface area (Å²) < 4.78 is 11.2. The Hall–Kier alpha value is -4.17. The Morgan fingerprint density at radius 3 is 2.55 bits per heavy atom. The lowest BCUT2D eigenvalue weighted by atomic mass is 10.1. The molecule has 2 N–H and O–H groups in total. The largest absolute Gasteiger partial charge is 0.459 e. The fourth-order valence-corrected chi connectivity index (χ4v) is 3.16. The molecule has 4 aromatic rings. The third kappa shape index (κ3) is 4.10. The molecule has 0 aliphatic heterocycles. The van der Waals surface area contributed by atoms with Crippen molar-refractivity contribution in [3.05, 3.63) is 93.9 Å². The molecule has 0 saturated heterocycles. The number of para-hydroxylation sites is 1. The molecule has 0 spiro atoms. The van der Waals surface area contributed by atoms with E-state index in [1.807, 2.05) is 19.1 Å². The SMILES string of the molecule is Cc1ccc(-c2ccc(CO)o2)cc1NC(=O)c1ccc(-c2ccccc2[N+](=O)[O-])o1. The lowest BCUT2D eigenvalue weighted by Crippen LogP contribution is -2.11. The Morgan fingerprint density at radius 2 is 1.81 bits per heavy atom. The minimum atomic E-state index is -0.497. The van der Waals surface area contributed by atoms with Gasteiger partial charge in [0.25, 0.3) is 11.6 Å². The fourth-order valence-electron chi connectivity index (χ4n) is 3.16. The van der Waals surface area contributed by atoms with Crippen LogP contribution in [0.4, 0.5) is 11.4 Å². The highest BCUT2D eigenvalue weighted by atomic mass is 16.6. The highest BCUT2D eigenvalue weighted by Gasteiger charge is 2.20. The summed E-state index contributed by atoms with van der Waals surface area (Å²) in [7, 11) is 0. The summed E-state index contributed by atoms with van der Waals surface area (Å²) in [6, 6.07) is 18.1. The van der Waals surface area contributed by atoms with Crippen molar-refractivity contribution >= 4 is 17.3 Å². The summed E-state index contributed by atoms with van der Waals surface area (Å²) in [5.74, 6) is 0.782. The number of carbonyl (C=O) groups is 1. The first-order chi connectivity index (χ1) is 15.0. The van der Waals surface area contributed by atoms with E-state index in [0.717, 1.165) is 11.1 Å². The topological polar surface area (TPSA) is 119 Å². The number of carbonyl (C=O) groups excluding carboxylic acids is 1. The minimum Gasteiger partial charge on any atom is -0.459 e. The molecule has 4 rings (SSSR count). The number of furan rings is 2. The lowest BCUT2D eigenvalue weighted by Gasteiger charge is -2.09. The first-order valence-corrected chi connectivity index (χ1v) is 9.42. The number of nitrogens with zero attached hydrogens (tertiary/aromatic N) is 1. The van der Waals surface area contributed by atoms with Crippen LogP contribution in [-0.4, -0.2) is 15.9 Å². The van der Waals surface area contributed by atoms with E-state index in [9.17, 15) is 20.0 Å². The molecular weight excluding hydrogens is 400 g/mol. The lowest BCUT2D eigenvalue weighted by molar-refractivity contribution is -0.384. The zero-order valence-corrected chi connectivity index (χ0v) is 16.5. The highest BCUT2D eigenvalue weighted by Crippen LogP contribution is 2.32. The van der Waals surface area contributed by atoms with Crippen LogP contribution < -0.4 is 5.32 Å². The van der Waals surface area contributed by atoms with Crippen molar-refractivity contribution < 1.29 is 23.7 Å². The average Bonchev–Trinajstić information content (AvgIpc) is 3.45. The second kappa shape index (κ2) is 8.29. The molecule has 156 valence electrons. The Bertz CT molecular complexity index is 1270. The normalized spacial score (nSPS) is 10.8. The number of hydrogen-bond acceptors (Lipinski definition) is 6. The number of amides is 1. The molecule has 2 heterocycles. The third-order valence-corrected chi connectivity index (χ3v) is 4.78. The molecular formula is C23H18N2O6. The molecule has 0 aliphatic carbocycles. The van der Waals surface area contributed by atoms with E-state index in [2.05, 4.69) is 5.32 Å². The van der Waals surface area contributed by atoms with Crippen LogP contribution in [0.1, 0.15) is 21.9 Å². The van der Waals surface area contributed by atoms with Gasteiger partial charge in [-0.15, -0.1) is 0 Å². The van der Waals surface area contributed by atoms with E-state index in [1.165, 1.54) is 18.2 Å². The van der Waals surface area contributed by atoms with Crippen molar-refractivity contribution in [3.8, 4) is 22.6 Å². The van der Waals surface area contributed by atoms with Crippen molar-refractivity contribution in [3.63, 3.8) is 0 Å². The van der Waals surface area contributed by atoms with Crippen LogP contribution in [0.2, 0.25) is 0 Å². The molecule has 8 heteroatoms. The van der Waals surface area contributed by atoms with Crippen LogP contribution >= 0.6 is 0 Å². The molecule has 8 nitrogen and oxygen atoms in total. The predicted molar refractivity (Wildman–Crippen MR) is 114 cm³/mol. The van der Waals surface area contributed by atoms with Crippen molar-refractivity contribution in [2.24, 2.45) is 0 Å². The van der Waals surface area contributed by atoms with Crippen LogP contribution in [0.25, 0.3) is 22.6 Å². The van der Waals surface area contributed by atoms with Crippen molar-refractivity contribution in [2.75, 3.05) is 5.32 Å². The maximum absolute atomic E-state index is 12.7. The molecule has 0 radical (unpaired) electrons. The monoisotopic (exact) mass is 418 g/mol. The van der Waals surface area contributed by atoms with Crippen molar-refractivity contribution in [1.82, 2.24) is 0 Å².